The van der Waals surface area contributed by atoms with Crippen LogP contribution in [0.15, 0.2) is 22.7 Å². The molecular formula is C14H15BrFNO3. The molecule has 1 aromatic carbocycles. The Hall–Kier alpha value is -1.43. The summed E-state index contributed by atoms with van der Waals surface area (Å²) in [6.45, 7) is 0.453. The molecule has 4 nitrogen and oxygen atoms in total. The van der Waals surface area contributed by atoms with E-state index in [1.165, 1.54) is 11.0 Å². The van der Waals surface area contributed by atoms with Crippen LogP contribution < -0.4 is 0 Å². The van der Waals surface area contributed by atoms with Gasteiger partial charge in [-0.2, -0.15) is 0 Å². The molecule has 0 saturated carbocycles. The second kappa shape index (κ2) is 6.35. The molecule has 0 spiro atoms. The minimum atomic E-state index is -0.972. The van der Waals surface area contributed by atoms with Gasteiger partial charge in [-0.1, -0.05) is 6.07 Å². The lowest BCUT2D eigenvalue weighted by Crippen LogP contribution is -2.48. The van der Waals surface area contributed by atoms with Crippen molar-refractivity contribution in [2.45, 2.75) is 31.7 Å². The first-order chi connectivity index (χ1) is 9.49. The van der Waals surface area contributed by atoms with E-state index in [1.807, 2.05) is 0 Å². The minimum absolute atomic E-state index is 0.0218. The van der Waals surface area contributed by atoms with Crippen molar-refractivity contribution in [1.29, 1.82) is 0 Å². The number of aliphatic carboxylic acids is 1. The number of carboxylic acids is 1. The number of carbonyl (C=O) groups is 2. The van der Waals surface area contributed by atoms with Crippen LogP contribution in [0.4, 0.5) is 4.39 Å². The van der Waals surface area contributed by atoms with E-state index in [2.05, 4.69) is 15.9 Å². The van der Waals surface area contributed by atoms with Crippen molar-refractivity contribution in [3.05, 3.63) is 34.1 Å². The Morgan fingerprint density at radius 3 is 2.80 bits per heavy atom. The third-order valence-corrected chi connectivity index (χ3v) is 4.09. The van der Waals surface area contributed by atoms with E-state index in [0.29, 0.717) is 23.0 Å². The van der Waals surface area contributed by atoms with Gasteiger partial charge in [0.25, 0.3) is 0 Å². The molecule has 1 heterocycles. The maximum Gasteiger partial charge on any atom is 0.326 e. The molecule has 108 valence electrons. The SMILES string of the molecule is O=C(O)[C@H]1CCCCN1C(=O)Cc1ccc(Br)c(F)c1. The number of hydrogen-bond acceptors (Lipinski definition) is 2. The summed E-state index contributed by atoms with van der Waals surface area (Å²) < 4.78 is 13.8. The second-order valence-electron chi connectivity index (χ2n) is 4.86. The van der Waals surface area contributed by atoms with Crippen LogP contribution >= 0.6 is 15.9 Å². The Balaban J connectivity index is 2.09. The predicted molar refractivity (Wildman–Crippen MR) is 74.8 cm³/mol. The van der Waals surface area contributed by atoms with Crippen molar-refractivity contribution in [2.24, 2.45) is 0 Å². The molecule has 1 N–H and O–H groups in total. The largest absolute Gasteiger partial charge is 0.480 e. The van der Waals surface area contributed by atoms with Gasteiger partial charge >= 0.3 is 5.97 Å². The van der Waals surface area contributed by atoms with Crippen LogP contribution in [-0.2, 0) is 16.0 Å². The summed E-state index contributed by atoms with van der Waals surface area (Å²) in [6.07, 6.45) is 2.13. The van der Waals surface area contributed by atoms with Crippen LogP contribution in [-0.4, -0.2) is 34.5 Å². The van der Waals surface area contributed by atoms with Crippen LogP contribution in [0.3, 0.4) is 0 Å². The van der Waals surface area contributed by atoms with Crippen molar-refractivity contribution >= 4 is 27.8 Å². The van der Waals surface area contributed by atoms with E-state index in [0.717, 1.165) is 12.8 Å². The molecule has 1 aromatic rings. The van der Waals surface area contributed by atoms with Crippen molar-refractivity contribution in [2.75, 3.05) is 6.54 Å². The molecule has 0 aliphatic carbocycles. The number of piperidine rings is 1. The van der Waals surface area contributed by atoms with Crippen molar-refractivity contribution in [1.82, 2.24) is 4.90 Å². The number of amides is 1. The van der Waals surface area contributed by atoms with Crippen molar-refractivity contribution in [3.63, 3.8) is 0 Å². The number of carbonyl (C=O) groups excluding carboxylic acids is 1. The average Bonchev–Trinajstić information content (AvgIpc) is 2.43. The zero-order chi connectivity index (χ0) is 14.7. The standard InChI is InChI=1S/C14H15BrFNO3/c15-10-5-4-9(7-11(10)16)8-13(18)17-6-2-1-3-12(17)14(19)20/h4-5,7,12H,1-3,6,8H2,(H,19,20)/t12-/m1/s1. The quantitative estimate of drug-likeness (QED) is 0.917. The molecule has 0 unspecified atom stereocenters. The summed E-state index contributed by atoms with van der Waals surface area (Å²) in [7, 11) is 0. The lowest BCUT2D eigenvalue weighted by Gasteiger charge is -2.33. The van der Waals surface area contributed by atoms with Crippen LogP contribution in [0.25, 0.3) is 0 Å². The fraction of sp³-hybridized carbons (Fsp3) is 0.429. The Kier molecular flexibility index (Phi) is 4.75. The fourth-order valence-corrected chi connectivity index (χ4v) is 2.66. The van der Waals surface area contributed by atoms with Crippen LogP contribution in [0, 0.1) is 5.82 Å². The predicted octanol–water partition coefficient (Wildman–Crippen LogP) is 2.60. The molecular weight excluding hydrogens is 329 g/mol. The first kappa shape index (κ1) is 15.0. The number of benzene rings is 1. The molecule has 20 heavy (non-hydrogen) atoms. The Bertz CT molecular complexity index is 535. The normalized spacial score (nSPS) is 18.9. The lowest BCUT2D eigenvalue weighted by atomic mass is 10.0. The van der Waals surface area contributed by atoms with Gasteiger partial charge in [0.2, 0.25) is 5.91 Å². The summed E-state index contributed by atoms with van der Waals surface area (Å²) in [5, 5.41) is 9.14. The van der Waals surface area contributed by atoms with Crippen molar-refractivity contribution in [3.8, 4) is 0 Å². The number of nitrogens with zero attached hydrogens (tertiary/aromatic N) is 1. The molecule has 2 rings (SSSR count). The van der Waals surface area contributed by atoms with E-state index < -0.39 is 17.8 Å². The van der Waals surface area contributed by atoms with Gasteiger partial charge in [-0.15, -0.1) is 0 Å². The Morgan fingerprint density at radius 2 is 2.15 bits per heavy atom. The van der Waals surface area contributed by atoms with Gasteiger partial charge < -0.3 is 10.0 Å². The van der Waals surface area contributed by atoms with Gasteiger partial charge in [-0.25, -0.2) is 9.18 Å². The fourth-order valence-electron chi connectivity index (χ4n) is 2.41. The number of rotatable bonds is 3. The number of halogens is 2. The Labute approximate surface area is 124 Å². The molecule has 0 aromatic heterocycles. The molecule has 0 bridgehead atoms. The average molecular weight is 344 g/mol. The van der Waals surface area contributed by atoms with Gasteiger partial charge in [0, 0.05) is 6.54 Å². The van der Waals surface area contributed by atoms with Crippen LogP contribution in [0.1, 0.15) is 24.8 Å². The van der Waals surface area contributed by atoms with Gasteiger partial charge in [0.1, 0.15) is 11.9 Å². The smallest absolute Gasteiger partial charge is 0.326 e. The van der Waals surface area contributed by atoms with Crippen LogP contribution in [0.2, 0.25) is 0 Å². The van der Waals surface area contributed by atoms with E-state index in [4.69, 9.17) is 5.11 Å². The minimum Gasteiger partial charge on any atom is -0.480 e. The maximum absolute atomic E-state index is 13.4. The van der Waals surface area contributed by atoms with Gasteiger partial charge in [0.05, 0.1) is 10.9 Å². The number of carboxylic acid groups (broad SMARTS) is 1. The monoisotopic (exact) mass is 343 g/mol. The summed E-state index contributed by atoms with van der Waals surface area (Å²) in [5.41, 5.74) is 0.547. The summed E-state index contributed by atoms with van der Waals surface area (Å²) in [4.78, 5) is 24.8. The molecule has 1 aliphatic heterocycles. The number of hydrogen-bond donors (Lipinski definition) is 1. The molecule has 1 atom stereocenters. The van der Waals surface area contributed by atoms with Gasteiger partial charge in [-0.05, 0) is 52.9 Å². The third-order valence-electron chi connectivity index (χ3n) is 3.45. The van der Waals surface area contributed by atoms with E-state index in [1.54, 1.807) is 12.1 Å². The highest BCUT2D eigenvalue weighted by atomic mass is 79.9. The molecule has 1 aliphatic rings. The number of likely N-dealkylation sites (tertiary alicyclic amines) is 1. The molecule has 0 radical (unpaired) electrons. The van der Waals surface area contributed by atoms with E-state index >= 15 is 0 Å². The lowest BCUT2D eigenvalue weighted by molar-refractivity contribution is -0.151. The highest BCUT2D eigenvalue weighted by Crippen LogP contribution is 2.20. The Morgan fingerprint density at radius 1 is 1.40 bits per heavy atom. The summed E-state index contributed by atoms with van der Waals surface area (Å²) in [5.74, 6) is -1.66. The highest BCUT2D eigenvalue weighted by Gasteiger charge is 2.31. The third kappa shape index (κ3) is 3.36. The molecule has 6 heteroatoms. The summed E-state index contributed by atoms with van der Waals surface area (Å²) >= 11 is 3.05. The first-order valence-electron chi connectivity index (χ1n) is 6.45. The van der Waals surface area contributed by atoms with E-state index in [-0.39, 0.29) is 12.3 Å². The molecule has 1 saturated heterocycles. The maximum atomic E-state index is 13.4. The second-order valence-corrected chi connectivity index (χ2v) is 5.72. The highest BCUT2D eigenvalue weighted by molar-refractivity contribution is 9.10. The summed E-state index contributed by atoms with van der Waals surface area (Å²) in [6, 6.07) is 3.74. The van der Waals surface area contributed by atoms with Gasteiger partial charge in [-0.3, -0.25) is 4.79 Å². The van der Waals surface area contributed by atoms with E-state index in [9.17, 15) is 14.0 Å². The topological polar surface area (TPSA) is 57.6 Å². The molecule has 1 fully saturated rings. The first-order valence-corrected chi connectivity index (χ1v) is 7.24. The van der Waals surface area contributed by atoms with Gasteiger partial charge in [0.15, 0.2) is 0 Å². The zero-order valence-corrected chi connectivity index (χ0v) is 12.4. The zero-order valence-electron chi connectivity index (χ0n) is 10.8. The van der Waals surface area contributed by atoms with Crippen LogP contribution in [0.5, 0.6) is 0 Å². The van der Waals surface area contributed by atoms with Crippen molar-refractivity contribution < 1.29 is 19.1 Å². The molecule has 1 amide bonds.